The summed E-state index contributed by atoms with van der Waals surface area (Å²) in [7, 11) is 3.18. The Labute approximate surface area is 224 Å². The Bertz CT molecular complexity index is 1270. The number of carbonyl (C=O) groups is 2. The summed E-state index contributed by atoms with van der Waals surface area (Å²) < 4.78 is 10.6. The predicted molar refractivity (Wildman–Crippen MR) is 139 cm³/mol. The quantitative estimate of drug-likeness (QED) is 0.270. The van der Waals surface area contributed by atoms with Crippen LogP contribution in [0.3, 0.4) is 0 Å². The van der Waals surface area contributed by atoms with Gasteiger partial charge in [0.1, 0.15) is 6.61 Å². The number of benzene rings is 2. The third-order valence-electron chi connectivity index (χ3n) is 5.80. The molecule has 2 aromatic rings. The fourth-order valence-corrected chi connectivity index (χ4v) is 4.14. The van der Waals surface area contributed by atoms with Crippen LogP contribution in [0.1, 0.15) is 30.9 Å². The van der Waals surface area contributed by atoms with Gasteiger partial charge in [0.25, 0.3) is 10.8 Å². The van der Waals surface area contributed by atoms with Gasteiger partial charge in [-0.3, -0.25) is 15.0 Å². The molecule has 39 heavy (non-hydrogen) atoms. The van der Waals surface area contributed by atoms with Crippen LogP contribution in [0.5, 0.6) is 0 Å². The average molecular weight is 543 g/mol. The van der Waals surface area contributed by atoms with Crippen molar-refractivity contribution in [2.45, 2.75) is 26.3 Å². The number of likely N-dealkylation sites (N-methyl/N-ethyl adjacent to an activating group) is 1. The van der Waals surface area contributed by atoms with Crippen molar-refractivity contribution in [3.8, 4) is 0 Å². The Morgan fingerprint density at radius 3 is 2.15 bits per heavy atom. The first-order valence-corrected chi connectivity index (χ1v) is 11.7. The maximum Gasteiger partial charge on any atom is 0.336 e. The van der Waals surface area contributed by atoms with E-state index in [9.17, 15) is 19.7 Å². The lowest BCUT2D eigenvalue weighted by Crippen LogP contribution is -2.33. The summed E-state index contributed by atoms with van der Waals surface area (Å²) in [5.41, 5.74) is 2.85. The molecule has 0 aliphatic carbocycles. The van der Waals surface area contributed by atoms with E-state index in [0.29, 0.717) is 30.0 Å². The molecule has 0 unspecified atom stereocenters. The Morgan fingerprint density at radius 1 is 1.00 bits per heavy atom. The summed E-state index contributed by atoms with van der Waals surface area (Å²) >= 11 is 0. The third-order valence-corrected chi connectivity index (χ3v) is 5.80. The second kappa shape index (κ2) is 14.2. The summed E-state index contributed by atoms with van der Waals surface area (Å²) in [4.78, 5) is 47.2. The highest BCUT2D eigenvalue weighted by atomic mass is 16.9. The van der Waals surface area contributed by atoms with E-state index >= 15 is 0 Å². The van der Waals surface area contributed by atoms with Gasteiger partial charge in [0.05, 0.1) is 29.1 Å². The van der Waals surface area contributed by atoms with Gasteiger partial charge in [0, 0.05) is 36.6 Å². The standard InChI is InChI=1S/C26H29N3O6.HNO3/c1-17-22(25(30)34-4)24(20-11-8-12-21(15-20)29(32)33)23(18(2)27-17)26(31)35-14-13-28(3)16-19-9-6-5-7-10-19;2-1(3)4/h5-12,15,24,27H,13-14,16H2,1-4H3;(H,2,3,4)/t24-;/m0./s1. The summed E-state index contributed by atoms with van der Waals surface area (Å²) in [6, 6.07) is 15.8. The first kappa shape index (κ1) is 30.4. The lowest BCUT2D eigenvalue weighted by Gasteiger charge is -2.30. The molecule has 0 radical (unpaired) electrons. The number of dihydropyridines is 1. The maximum atomic E-state index is 13.3. The van der Waals surface area contributed by atoms with Crippen molar-refractivity contribution in [1.82, 2.24) is 10.2 Å². The third kappa shape index (κ3) is 8.64. The SMILES string of the molecule is COC(=O)C1=C(C)NC(C)=C(C(=O)OCCN(C)Cc2ccccc2)[C@H]1c1cccc([N+](=O)[O-])c1.O=[N+]([O-])O. The van der Waals surface area contributed by atoms with Crippen LogP contribution in [0.4, 0.5) is 5.69 Å². The molecule has 208 valence electrons. The van der Waals surface area contributed by atoms with E-state index in [1.807, 2.05) is 42.3 Å². The van der Waals surface area contributed by atoms with Crippen LogP contribution in [0.15, 0.2) is 77.1 Å². The van der Waals surface area contributed by atoms with Gasteiger partial charge in [-0.05, 0) is 32.0 Å². The number of nitro benzene ring substituents is 1. The van der Waals surface area contributed by atoms with Gasteiger partial charge < -0.3 is 20.0 Å². The number of nitrogens with zero attached hydrogens (tertiary/aromatic N) is 3. The number of nitro groups is 1. The normalized spacial score (nSPS) is 14.6. The number of nitrogens with one attached hydrogen (secondary N) is 1. The summed E-state index contributed by atoms with van der Waals surface area (Å²) in [6.07, 6.45) is 0. The lowest BCUT2D eigenvalue weighted by atomic mass is 9.80. The molecule has 2 N–H and O–H groups in total. The van der Waals surface area contributed by atoms with Crippen molar-refractivity contribution >= 4 is 17.6 Å². The Kier molecular flexibility index (Phi) is 11.1. The average Bonchev–Trinajstić information content (AvgIpc) is 2.88. The molecular weight excluding hydrogens is 512 g/mol. The van der Waals surface area contributed by atoms with Gasteiger partial charge in [0.15, 0.2) is 0 Å². The number of ether oxygens (including phenoxy) is 2. The molecule has 2 aromatic carbocycles. The second-order valence-electron chi connectivity index (χ2n) is 8.58. The molecule has 0 fully saturated rings. The van der Waals surface area contributed by atoms with E-state index in [1.54, 1.807) is 19.9 Å². The number of non-ortho nitro benzene ring substituents is 1. The molecule has 0 bridgehead atoms. The molecule has 0 saturated carbocycles. The minimum Gasteiger partial charge on any atom is -0.466 e. The molecule has 1 aliphatic rings. The number of hydrogen-bond donors (Lipinski definition) is 2. The van der Waals surface area contributed by atoms with E-state index in [2.05, 4.69) is 5.32 Å². The van der Waals surface area contributed by atoms with Crippen LogP contribution in [0, 0.1) is 20.2 Å². The monoisotopic (exact) mass is 542 g/mol. The molecule has 0 saturated heterocycles. The molecule has 13 heteroatoms. The molecule has 0 spiro atoms. The van der Waals surface area contributed by atoms with E-state index < -0.39 is 27.9 Å². The fourth-order valence-electron chi connectivity index (χ4n) is 4.14. The Balaban J connectivity index is 0.00000124. The smallest absolute Gasteiger partial charge is 0.336 e. The van der Waals surface area contributed by atoms with E-state index in [-0.39, 0.29) is 23.4 Å². The minimum absolute atomic E-state index is 0.136. The zero-order chi connectivity index (χ0) is 29.1. The van der Waals surface area contributed by atoms with E-state index in [4.69, 9.17) is 24.8 Å². The Hall–Kier alpha value is -4.78. The number of allylic oxidation sites excluding steroid dienone is 2. The maximum absolute atomic E-state index is 13.3. The fraction of sp³-hybridized carbons (Fsp3) is 0.308. The predicted octanol–water partition coefficient (Wildman–Crippen LogP) is 3.33. The summed E-state index contributed by atoms with van der Waals surface area (Å²) in [5.74, 6) is -2.11. The second-order valence-corrected chi connectivity index (χ2v) is 8.58. The topological polar surface area (TPSA) is 174 Å². The van der Waals surface area contributed by atoms with Crippen molar-refractivity contribution in [3.63, 3.8) is 0 Å². The van der Waals surface area contributed by atoms with Crippen LogP contribution in [-0.2, 0) is 25.6 Å². The van der Waals surface area contributed by atoms with Crippen molar-refractivity contribution in [2.75, 3.05) is 27.3 Å². The van der Waals surface area contributed by atoms with Crippen LogP contribution < -0.4 is 5.32 Å². The van der Waals surface area contributed by atoms with Gasteiger partial charge in [-0.15, -0.1) is 10.1 Å². The first-order chi connectivity index (χ1) is 18.5. The highest BCUT2D eigenvalue weighted by Gasteiger charge is 2.38. The molecular formula is C26H30N4O9. The van der Waals surface area contributed by atoms with Crippen LogP contribution >= 0.6 is 0 Å². The Morgan fingerprint density at radius 2 is 1.59 bits per heavy atom. The van der Waals surface area contributed by atoms with Crippen molar-refractivity contribution < 1.29 is 34.3 Å². The number of methoxy groups -OCH3 is 1. The largest absolute Gasteiger partial charge is 0.466 e. The van der Waals surface area contributed by atoms with Crippen molar-refractivity contribution in [2.24, 2.45) is 0 Å². The van der Waals surface area contributed by atoms with E-state index in [1.165, 1.54) is 25.3 Å². The van der Waals surface area contributed by atoms with E-state index in [0.717, 1.165) is 5.56 Å². The van der Waals surface area contributed by atoms with Crippen LogP contribution in [0.25, 0.3) is 0 Å². The lowest BCUT2D eigenvalue weighted by molar-refractivity contribution is -0.742. The molecule has 1 aliphatic heterocycles. The van der Waals surface area contributed by atoms with Gasteiger partial charge in [-0.1, -0.05) is 42.5 Å². The van der Waals surface area contributed by atoms with Crippen molar-refractivity contribution in [3.05, 3.63) is 108 Å². The van der Waals surface area contributed by atoms with Gasteiger partial charge >= 0.3 is 11.9 Å². The zero-order valence-electron chi connectivity index (χ0n) is 21.9. The van der Waals surface area contributed by atoms with Crippen LogP contribution in [0.2, 0.25) is 0 Å². The first-order valence-electron chi connectivity index (χ1n) is 11.7. The molecule has 13 nitrogen and oxygen atoms in total. The number of carbonyl (C=O) groups excluding carboxylic acids is 2. The van der Waals surface area contributed by atoms with Gasteiger partial charge in [-0.2, -0.15) is 0 Å². The number of esters is 2. The summed E-state index contributed by atoms with van der Waals surface area (Å²) in [6.45, 7) is 4.74. The molecule has 1 heterocycles. The summed E-state index contributed by atoms with van der Waals surface area (Å²) in [5, 5.41) is 28.1. The van der Waals surface area contributed by atoms with Gasteiger partial charge in [0.2, 0.25) is 0 Å². The highest BCUT2D eigenvalue weighted by molar-refractivity contribution is 5.99. The molecule has 0 aromatic heterocycles. The zero-order valence-corrected chi connectivity index (χ0v) is 21.9. The minimum atomic E-state index is -1.50. The molecule has 3 rings (SSSR count). The van der Waals surface area contributed by atoms with Crippen molar-refractivity contribution in [1.29, 1.82) is 0 Å². The van der Waals surface area contributed by atoms with Crippen LogP contribution in [-0.4, -0.2) is 59.4 Å². The number of rotatable bonds is 9. The highest BCUT2D eigenvalue weighted by Crippen LogP contribution is 2.40. The molecule has 0 amide bonds. The number of hydrogen-bond acceptors (Lipinski definition) is 10. The molecule has 1 atom stereocenters. The van der Waals surface area contributed by atoms with Gasteiger partial charge in [-0.25, -0.2) is 9.59 Å².